The van der Waals surface area contributed by atoms with Crippen LogP contribution in [-0.4, -0.2) is 26.5 Å². The van der Waals surface area contributed by atoms with Crippen molar-refractivity contribution in [3.05, 3.63) is 40.0 Å². The van der Waals surface area contributed by atoms with Crippen LogP contribution in [0.1, 0.15) is 16.1 Å². The van der Waals surface area contributed by atoms with Gasteiger partial charge in [-0.3, -0.25) is 4.72 Å². The number of carbonyl (C=O) groups is 1. The van der Waals surface area contributed by atoms with Crippen molar-refractivity contribution in [2.75, 3.05) is 11.8 Å². The quantitative estimate of drug-likeness (QED) is 0.860. The lowest BCUT2D eigenvalue weighted by atomic mass is 10.2. The van der Waals surface area contributed by atoms with E-state index >= 15 is 0 Å². The van der Waals surface area contributed by atoms with E-state index in [1.807, 2.05) is 0 Å². The number of hydrogen-bond acceptors (Lipinski definition) is 6. The Hall–Kier alpha value is -1.64. The molecule has 0 amide bonds. The first-order valence-electron chi connectivity index (χ1n) is 5.67. The number of ether oxygens (including phenoxy) is 1. The van der Waals surface area contributed by atoms with Crippen molar-refractivity contribution in [2.24, 2.45) is 0 Å². The maximum Gasteiger partial charge on any atom is 0.337 e. The van der Waals surface area contributed by atoms with Crippen LogP contribution in [0.25, 0.3) is 0 Å². The average Bonchev–Trinajstić information content (AvgIpc) is 2.78. The van der Waals surface area contributed by atoms with Crippen molar-refractivity contribution in [1.82, 2.24) is 4.98 Å². The molecule has 1 aromatic heterocycles. The summed E-state index contributed by atoms with van der Waals surface area (Å²) in [7, 11) is -2.48. The minimum absolute atomic E-state index is 0.0598. The number of carbonyl (C=O) groups excluding carboxylic acids is 1. The van der Waals surface area contributed by atoms with E-state index in [1.165, 1.54) is 31.4 Å². The van der Waals surface area contributed by atoms with Crippen LogP contribution >= 0.6 is 22.9 Å². The second-order valence-corrected chi connectivity index (χ2v) is 7.47. The van der Waals surface area contributed by atoms with Gasteiger partial charge in [0.2, 0.25) is 0 Å². The van der Waals surface area contributed by atoms with Crippen LogP contribution in [0, 0.1) is 6.92 Å². The van der Waals surface area contributed by atoms with Gasteiger partial charge in [-0.2, -0.15) is 0 Å². The number of sulfonamides is 1. The van der Waals surface area contributed by atoms with Crippen molar-refractivity contribution in [3.8, 4) is 0 Å². The fraction of sp³-hybridized carbons (Fsp3) is 0.167. The number of nitrogens with one attached hydrogen (secondary N) is 1. The predicted octanol–water partition coefficient (Wildman–Crippen LogP) is 2.69. The molecule has 2 aromatic rings. The number of rotatable bonds is 4. The molecule has 2 rings (SSSR count). The summed E-state index contributed by atoms with van der Waals surface area (Å²) in [6.07, 6.45) is 0. The molecule has 0 spiro atoms. The standard InChI is InChI=1S/C12H11ClN2O4S2/c1-7-11(20-12(13)14-7)21(17,18)15-9-5-3-8(4-6-9)10(16)19-2/h3-6,15H,1-2H3. The molecule has 0 unspecified atom stereocenters. The molecule has 0 bridgehead atoms. The van der Waals surface area contributed by atoms with Crippen molar-refractivity contribution in [3.63, 3.8) is 0 Å². The van der Waals surface area contributed by atoms with E-state index in [9.17, 15) is 13.2 Å². The van der Waals surface area contributed by atoms with Gasteiger partial charge in [-0.25, -0.2) is 18.2 Å². The number of halogens is 1. The van der Waals surface area contributed by atoms with Gasteiger partial charge < -0.3 is 4.74 Å². The van der Waals surface area contributed by atoms with Gasteiger partial charge in [-0.15, -0.1) is 0 Å². The van der Waals surface area contributed by atoms with Gasteiger partial charge in [0, 0.05) is 5.69 Å². The summed E-state index contributed by atoms with van der Waals surface area (Å²) in [5.74, 6) is -0.491. The van der Waals surface area contributed by atoms with Crippen LogP contribution in [0.15, 0.2) is 28.5 Å². The number of aromatic nitrogens is 1. The van der Waals surface area contributed by atoms with Gasteiger partial charge in [-0.1, -0.05) is 22.9 Å². The Morgan fingerprint density at radius 2 is 1.95 bits per heavy atom. The van der Waals surface area contributed by atoms with Crippen molar-refractivity contribution in [2.45, 2.75) is 11.1 Å². The number of aryl methyl sites for hydroxylation is 1. The van der Waals surface area contributed by atoms with E-state index in [0.717, 1.165) is 11.3 Å². The van der Waals surface area contributed by atoms with E-state index in [4.69, 9.17) is 11.6 Å². The molecule has 0 radical (unpaired) electrons. The molecule has 0 aliphatic rings. The number of nitrogens with zero attached hydrogens (tertiary/aromatic N) is 1. The molecule has 0 aliphatic heterocycles. The zero-order valence-electron chi connectivity index (χ0n) is 11.1. The molecule has 9 heteroatoms. The van der Waals surface area contributed by atoms with E-state index in [0.29, 0.717) is 16.9 Å². The number of methoxy groups -OCH3 is 1. The molecule has 1 aromatic carbocycles. The highest BCUT2D eigenvalue weighted by Gasteiger charge is 2.21. The van der Waals surface area contributed by atoms with Crippen LogP contribution in [0.2, 0.25) is 4.47 Å². The second-order valence-electron chi connectivity index (χ2n) is 4.01. The Kier molecular flexibility index (Phi) is 4.50. The van der Waals surface area contributed by atoms with Gasteiger partial charge in [0.25, 0.3) is 10.0 Å². The summed E-state index contributed by atoms with van der Waals surface area (Å²) < 4.78 is 31.6. The number of esters is 1. The monoisotopic (exact) mass is 346 g/mol. The first kappa shape index (κ1) is 15.7. The lowest BCUT2D eigenvalue weighted by Crippen LogP contribution is -2.13. The van der Waals surface area contributed by atoms with Crippen molar-refractivity contribution < 1.29 is 17.9 Å². The van der Waals surface area contributed by atoms with Gasteiger partial charge >= 0.3 is 5.97 Å². The van der Waals surface area contributed by atoms with E-state index in [-0.39, 0.29) is 8.68 Å². The first-order valence-corrected chi connectivity index (χ1v) is 8.35. The summed E-state index contributed by atoms with van der Waals surface area (Å²) in [4.78, 5) is 15.2. The smallest absolute Gasteiger partial charge is 0.337 e. The van der Waals surface area contributed by atoms with Gasteiger partial charge in [0.05, 0.1) is 18.4 Å². The van der Waals surface area contributed by atoms with Crippen molar-refractivity contribution >= 4 is 44.6 Å². The van der Waals surface area contributed by atoms with Crippen LogP contribution in [0.3, 0.4) is 0 Å². The molecule has 0 saturated heterocycles. The van der Waals surface area contributed by atoms with Gasteiger partial charge in [-0.05, 0) is 31.2 Å². The fourth-order valence-corrected chi connectivity index (χ4v) is 4.39. The Labute approximate surface area is 130 Å². The largest absolute Gasteiger partial charge is 0.465 e. The molecular weight excluding hydrogens is 336 g/mol. The Morgan fingerprint density at radius 3 is 2.43 bits per heavy atom. The first-order chi connectivity index (χ1) is 9.83. The number of hydrogen-bond donors (Lipinski definition) is 1. The summed E-state index contributed by atoms with van der Waals surface area (Å²) in [6.45, 7) is 1.57. The Morgan fingerprint density at radius 1 is 1.33 bits per heavy atom. The Balaban J connectivity index is 2.25. The third kappa shape index (κ3) is 3.52. The molecule has 1 heterocycles. The van der Waals surface area contributed by atoms with Crippen LogP contribution in [0.4, 0.5) is 5.69 Å². The molecule has 0 aliphatic carbocycles. The maximum absolute atomic E-state index is 12.2. The number of benzene rings is 1. The lowest BCUT2D eigenvalue weighted by molar-refractivity contribution is 0.0601. The number of thiazole rings is 1. The van der Waals surface area contributed by atoms with Crippen LogP contribution in [-0.2, 0) is 14.8 Å². The third-order valence-corrected chi connectivity index (χ3v) is 5.78. The molecule has 112 valence electrons. The summed E-state index contributed by atoms with van der Waals surface area (Å²) in [5.41, 5.74) is 0.993. The summed E-state index contributed by atoms with van der Waals surface area (Å²) in [6, 6.07) is 5.88. The maximum atomic E-state index is 12.2. The zero-order valence-corrected chi connectivity index (χ0v) is 13.5. The van der Waals surface area contributed by atoms with Gasteiger partial charge in [0.15, 0.2) is 8.68 Å². The predicted molar refractivity (Wildman–Crippen MR) is 80.5 cm³/mol. The highest BCUT2D eigenvalue weighted by Crippen LogP contribution is 2.28. The molecule has 21 heavy (non-hydrogen) atoms. The molecule has 1 N–H and O–H groups in total. The van der Waals surface area contributed by atoms with E-state index in [2.05, 4.69) is 14.4 Å². The summed E-state index contributed by atoms with van der Waals surface area (Å²) >= 11 is 6.59. The fourth-order valence-electron chi connectivity index (χ4n) is 1.59. The molecule has 0 fully saturated rings. The van der Waals surface area contributed by atoms with Gasteiger partial charge in [0.1, 0.15) is 0 Å². The van der Waals surface area contributed by atoms with Crippen LogP contribution < -0.4 is 4.72 Å². The third-order valence-electron chi connectivity index (χ3n) is 2.53. The molecule has 0 atom stereocenters. The highest BCUT2D eigenvalue weighted by atomic mass is 35.5. The zero-order chi connectivity index (χ0) is 15.6. The van der Waals surface area contributed by atoms with Crippen molar-refractivity contribution in [1.29, 1.82) is 0 Å². The normalized spacial score (nSPS) is 11.2. The van der Waals surface area contributed by atoms with Crippen LogP contribution in [0.5, 0.6) is 0 Å². The minimum atomic E-state index is -3.76. The Bertz CT molecular complexity index is 769. The SMILES string of the molecule is COC(=O)c1ccc(NS(=O)(=O)c2sc(Cl)nc2C)cc1. The number of anilines is 1. The minimum Gasteiger partial charge on any atom is -0.465 e. The highest BCUT2D eigenvalue weighted by molar-refractivity contribution is 7.94. The molecular formula is C12H11ClN2O4S2. The van der Waals surface area contributed by atoms with E-state index in [1.54, 1.807) is 6.92 Å². The molecule has 6 nitrogen and oxygen atoms in total. The van der Waals surface area contributed by atoms with E-state index < -0.39 is 16.0 Å². The average molecular weight is 347 g/mol. The molecule has 0 saturated carbocycles. The second kappa shape index (κ2) is 6.00. The summed E-state index contributed by atoms with van der Waals surface area (Å²) in [5, 5.41) is 0. The topological polar surface area (TPSA) is 85.4 Å². The lowest BCUT2D eigenvalue weighted by Gasteiger charge is -2.07.